The molecule has 0 spiro atoms. The summed E-state index contributed by atoms with van der Waals surface area (Å²) in [4.78, 5) is 2.58. The molecule has 1 aliphatic rings. The molecule has 7 heteroatoms. The Kier molecular flexibility index (Phi) is 4.36. The first-order valence-electron chi connectivity index (χ1n) is 6.35. The Morgan fingerprint density at radius 1 is 1.50 bits per heavy atom. The second-order valence-electron chi connectivity index (χ2n) is 4.67. The van der Waals surface area contributed by atoms with E-state index < -0.39 is 10.0 Å². The number of nitrogens with zero attached hydrogens (tertiary/aromatic N) is 2. The number of likely N-dealkylation sites (tertiary alicyclic amines) is 1. The van der Waals surface area contributed by atoms with Gasteiger partial charge in [-0.05, 0) is 38.9 Å². The fourth-order valence-corrected chi connectivity index (χ4v) is 3.47. The lowest BCUT2D eigenvalue weighted by Crippen LogP contribution is -2.44. The van der Waals surface area contributed by atoms with Crippen molar-refractivity contribution in [2.24, 2.45) is 0 Å². The van der Waals surface area contributed by atoms with Gasteiger partial charge in [0, 0.05) is 12.2 Å². The van der Waals surface area contributed by atoms with E-state index in [1.807, 2.05) is 0 Å². The lowest BCUT2D eigenvalue weighted by Gasteiger charge is -2.31. The van der Waals surface area contributed by atoms with Crippen LogP contribution in [0, 0.1) is 0 Å². The van der Waals surface area contributed by atoms with Crippen LogP contribution in [0.2, 0.25) is 0 Å². The summed E-state index contributed by atoms with van der Waals surface area (Å²) in [5, 5.41) is 6.19. The second kappa shape index (κ2) is 5.81. The van der Waals surface area contributed by atoms with Crippen molar-refractivity contribution >= 4 is 10.0 Å². The van der Waals surface area contributed by atoms with E-state index in [1.54, 1.807) is 0 Å². The first-order chi connectivity index (χ1) is 8.62. The van der Waals surface area contributed by atoms with Crippen molar-refractivity contribution in [3.63, 3.8) is 0 Å². The molecule has 2 N–H and O–H groups in total. The van der Waals surface area contributed by atoms with Gasteiger partial charge < -0.3 is 4.90 Å². The van der Waals surface area contributed by atoms with Gasteiger partial charge in [-0.2, -0.15) is 5.10 Å². The Hall–Kier alpha value is -0.920. The molecule has 0 amide bonds. The highest BCUT2D eigenvalue weighted by Crippen LogP contribution is 2.14. The van der Waals surface area contributed by atoms with Crippen molar-refractivity contribution in [3.05, 3.63) is 12.4 Å². The predicted octanol–water partition coefficient (Wildman–Crippen LogP) is 0.562. The Morgan fingerprint density at radius 3 is 2.78 bits per heavy atom. The van der Waals surface area contributed by atoms with Crippen molar-refractivity contribution < 1.29 is 8.42 Å². The summed E-state index contributed by atoms with van der Waals surface area (Å²) >= 11 is 0. The average molecular weight is 272 g/mol. The number of sulfonamides is 1. The SMILES string of the molecule is CCCN1CCC(NS(=O)(=O)c2cn[nH]c2)CC1. The monoisotopic (exact) mass is 272 g/mol. The van der Waals surface area contributed by atoms with Crippen LogP contribution in [0.4, 0.5) is 0 Å². The van der Waals surface area contributed by atoms with Crippen molar-refractivity contribution in [1.29, 1.82) is 0 Å². The van der Waals surface area contributed by atoms with Gasteiger partial charge in [0.05, 0.1) is 6.20 Å². The van der Waals surface area contributed by atoms with Crippen LogP contribution in [0.25, 0.3) is 0 Å². The third kappa shape index (κ3) is 3.30. The summed E-state index contributed by atoms with van der Waals surface area (Å²) < 4.78 is 26.7. The molecule has 1 fully saturated rings. The highest BCUT2D eigenvalue weighted by atomic mass is 32.2. The third-order valence-electron chi connectivity index (χ3n) is 3.23. The van der Waals surface area contributed by atoms with Gasteiger partial charge in [-0.15, -0.1) is 0 Å². The van der Waals surface area contributed by atoms with Gasteiger partial charge >= 0.3 is 0 Å². The molecule has 0 unspecified atom stereocenters. The zero-order valence-electron chi connectivity index (χ0n) is 10.6. The maximum absolute atomic E-state index is 12.0. The van der Waals surface area contributed by atoms with Crippen molar-refractivity contribution in [3.8, 4) is 0 Å². The summed E-state index contributed by atoms with van der Waals surface area (Å²) in [5.74, 6) is 0. The lowest BCUT2D eigenvalue weighted by molar-refractivity contribution is 0.208. The van der Waals surface area contributed by atoms with Gasteiger partial charge in [0.15, 0.2) is 0 Å². The van der Waals surface area contributed by atoms with Gasteiger partial charge in [-0.3, -0.25) is 5.10 Å². The Labute approximate surface area is 108 Å². The van der Waals surface area contributed by atoms with Gasteiger partial charge in [-0.25, -0.2) is 13.1 Å². The van der Waals surface area contributed by atoms with E-state index in [9.17, 15) is 8.42 Å². The fourth-order valence-electron chi connectivity index (χ4n) is 2.26. The number of aromatic amines is 1. The highest BCUT2D eigenvalue weighted by molar-refractivity contribution is 7.89. The standard InChI is InChI=1S/C11H20N4O2S/c1-2-5-15-6-3-10(4-7-15)14-18(16,17)11-8-12-13-9-11/h8-10,14H,2-7H2,1H3,(H,12,13). The lowest BCUT2D eigenvalue weighted by atomic mass is 10.1. The molecule has 2 heterocycles. The molecule has 6 nitrogen and oxygen atoms in total. The summed E-state index contributed by atoms with van der Waals surface area (Å²) in [6.45, 7) is 5.19. The van der Waals surface area contributed by atoms with E-state index in [4.69, 9.17) is 0 Å². The van der Waals surface area contributed by atoms with E-state index in [1.165, 1.54) is 12.4 Å². The highest BCUT2D eigenvalue weighted by Gasteiger charge is 2.24. The van der Waals surface area contributed by atoms with E-state index in [-0.39, 0.29) is 10.9 Å². The fraction of sp³-hybridized carbons (Fsp3) is 0.727. The van der Waals surface area contributed by atoms with Crippen LogP contribution in [-0.4, -0.2) is 49.2 Å². The average Bonchev–Trinajstić information content (AvgIpc) is 2.86. The van der Waals surface area contributed by atoms with Gasteiger partial charge in [0.25, 0.3) is 0 Å². The molecule has 1 saturated heterocycles. The molecule has 0 radical (unpaired) electrons. The van der Waals surface area contributed by atoms with Crippen LogP contribution in [0.15, 0.2) is 17.3 Å². The maximum atomic E-state index is 12.0. The summed E-state index contributed by atoms with van der Waals surface area (Å²) in [6.07, 6.45) is 5.61. The van der Waals surface area contributed by atoms with Crippen molar-refractivity contribution in [2.45, 2.75) is 37.1 Å². The van der Waals surface area contributed by atoms with Crippen LogP contribution in [0.3, 0.4) is 0 Å². The molecule has 0 saturated carbocycles. The number of piperidine rings is 1. The molecular formula is C11H20N4O2S. The minimum atomic E-state index is -3.41. The quantitative estimate of drug-likeness (QED) is 0.821. The van der Waals surface area contributed by atoms with Crippen molar-refractivity contribution in [2.75, 3.05) is 19.6 Å². The molecule has 2 rings (SSSR count). The van der Waals surface area contributed by atoms with Crippen LogP contribution >= 0.6 is 0 Å². The third-order valence-corrected chi connectivity index (χ3v) is 4.72. The summed E-state index contributed by atoms with van der Waals surface area (Å²) in [5.41, 5.74) is 0. The molecule has 18 heavy (non-hydrogen) atoms. The predicted molar refractivity (Wildman–Crippen MR) is 68.7 cm³/mol. The summed E-state index contributed by atoms with van der Waals surface area (Å²) in [7, 11) is -3.41. The Morgan fingerprint density at radius 2 is 2.22 bits per heavy atom. The molecule has 1 aromatic heterocycles. The van der Waals surface area contributed by atoms with Crippen molar-refractivity contribution in [1.82, 2.24) is 19.8 Å². The van der Waals surface area contributed by atoms with E-state index in [0.29, 0.717) is 0 Å². The maximum Gasteiger partial charge on any atom is 0.243 e. The van der Waals surface area contributed by atoms with Crippen LogP contribution in [0.1, 0.15) is 26.2 Å². The van der Waals surface area contributed by atoms with Crippen LogP contribution in [-0.2, 0) is 10.0 Å². The molecule has 1 aliphatic heterocycles. The second-order valence-corrected chi connectivity index (χ2v) is 6.39. The number of rotatable bonds is 5. The Balaban J connectivity index is 1.88. The molecule has 102 valence electrons. The zero-order valence-corrected chi connectivity index (χ0v) is 11.4. The normalized spacial score (nSPS) is 19.2. The molecule has 0 aromatic carbocycles. The number of hydrogen-bond acceptors (Lipinski definition) is 4. The number of H-pyrrole nitrogens is 1. The first-order valence-corrected chi connectivity index (χ1v) is 7.83. The molecular weight excluding hydrogens is 252 g/mol. The number of hydrogen-bond donors (Lipinski definition) is 2. The largest absolute Gasteiger partial charge is 0.303 e. The van der Waals surface area contributed by atoms with E-state index >= 15 is 0 Å². The van der Waals surface area contributed by atoms with Gasteiger partial charge in [0.1, 0.15) is 4.90 Å². The van der Waals surface area contributed by atoms with Crippen LogP contribution < -0.4 is 4.72 Å². The summed E-state index contributed by atoms with van der Waals surface area (Å²) in [6, 6.07) is 0.0398. The van der Waals surface area contributed by atoms with Crippen LogP contribution in [0.5, 0.6) is 0 Å². The topological polar surface area (TPSA) is 78.1 Å². The van der Waals surface area contributed by atoms with Gasteiger partial charge in [0.2, 0.25) is 10.0 Å². The zero-order chi connectivity index (χ0) is 13.0. The van der Waals surface area contributed by atoms with E-state index in [0.717, 1.165) is 38.9 Å². The first kappa shape index (κ1) is 13.5. The molecule has 0 aliphatic carbocycles. The van der Waals surface area contributed by atoms with Gasteiger partial charge in [-0.1, -0.05) is 6.92 Å². The molecule has 0 bridgehead atoms. The smallest absolute Gasteiger partial charge is 0.243 e. The minimum absolute atomic E-state index is 0.0398. The molecule has 1 aromatic rings. The molecule has 0 atom stereocenters. The number of nitrogens with one attached hydrogen (secondary N) is 2. The number of aromatic nitrogens is 2. The Bertz CT molecular complexity index is 449. The van der Waals surface area contributed by atoms with E-state index in [2.05, 4.69) is 26.7 Å². The minimum Gasteiger partial charge on any atom is -0.303 e.